The van der Waals surface area contributed by atoms with Crippen LogP contribution in [0.2, 0.25) is 10.0 Å². The van der Waals surface area contributed by atoms with E-state index < -0.39 is 10.0 Å². The van der Waals surface area contributed by atoms with E-state index in [9.17, 15) is 8.42 Å². The van der Waals surface area contributed by atoms with Crippen molar-refractivity contribution in [3.63, 3.8) is 0 Å². The lowest BCUT2D eigenvalue weighted by atomic mass is 10.3. The Kier molecular flexibility index (Phi) is 4.63. The molecule has 132 valence electrons. The van der Waals surface area contributed by atoms with Gasteiger partial charge in [-0.2, -0.15) is 0 Å². The van der Waals surface area contributed by atoms with Crippen molar-refractivity contribution in [2.45, 2.75) is 4.90 Å². The Bertz CT molecular complexity index is 1050. The fourth-order valence-corrected chi connectivity index (χ4v) is 4.16. The molecule has 0 spiro atoms. The van der Waals surface area contributed by atoms with E-state index >= 15 is 0 Å². The molecule has 0 radical (unpaired) electrons. The van der Waals surface area contributed by atoms with E-state index in [0.717, 1.165) is 0 Å². The van der Waals surface area contributed by atoms with E-state index in [-0.39, 0.29) is 43.2 Å². The van der Waals surface area contributed by atoms with Gasteiger partial charge in [-0.1, -0.05) is 23.2 Å². The highest BCUT2D eigenvalue weighted by Crippen LogP contribution is 2.38. The number of aromatic nitrogens is 2. The number of halogens is 2. The molecule has 0 atom stereocenters. The third kappa shape index (κ3) is 3.17. The molecule has 0 fully saturated rings. The summed E-state index contributed by atoms with van der Waals surface area (Å²) in [7, 11) is -1.35. The minimum absolute atomic E-state index is 0.0138. The first-order valence-electron chi connectivity index (χ1n) is 6.72. The Balaban J connectivity index is 2.13. The van der Waals surface area contributed by atoms with Crippen molar-refractivity contribution in [3.8, 4) is 11.5 Å². The monoisotopic (exact) mass is 403 g/mol. The Morgan fingerprint density at radius 3 is 2.44 bits per heavy atom. The van der Waals surface area contributed by atoms with Crippen LogP contribution in [0.4, 0.5) is 5.69 Å². The van der Waals surface area contributed by atoms with Crippen LogP contribution in [-0.4, -0.2) is 33.0 Å². The highest BCUT2D eigenvalue weighted by atomic mass is 35.5. The Morgan fingerprint density at radius 2 is 1.76 bits per heavy atom. The van der Waals surface area contributed by atoms with Gasteiger partial charge in [0, 0.05) is 12.1 Å². The Hall–Kier alpha value is -2.23. The zero-order chi connectivity index (χ0) is 18.2. The summed E-state index contributed by atoms with van der Waals surface area (Å²) >= 11 is 12.1. The quantitative estimate of drug-likeness (QED) is 0.696. The fraction of sp³-hybridized carbons (Fsp3) is 0.143. The molecule has 0 aliphatic carbocycles. The topological polar surface area (TPSA) is 104 Å². The number of ether oxygens (including phenoxy) is 2. The number of nitrogens with zero attached hydrogens (tertiary/aromatic N) is 2. The van der Waals surface area contributed by atoms with Crippen LogP contribution in [0.3, 0.4) is 0 Å². The fourth-order valence-electron chi connectivity index (χ4n) is 2.19. The average Bonchev–Trinajstić information content (AvgIpc) is 3.03. The molecule has 1 N–H and O–H groups in total. The number of methoxy groups -OCH3 is 2. The van der Waals surface area contributed by atoms with Gasteiger partial charge in [0.25, 0.3) is 10.0 Å². The van der Waals surface area contributed by atoms with Gasteiger partial charge in [-0.25, -0.2) is 13.0 Å². The van der Waals surface area contributed by atoms with Gasteiger partial charge in [-0.3, -0.25) is 4.72 Å². The van der Waals surface area contributed by atoms with Crippen LogP contribution in [0.25, 0.3) is 11.0 Å². The van der Waals surface area contributed by atoms with Gasteiger partial charge in [0.05, 0.1) is 30.0 Å². The first kappa shape index (κ1) is 17.6. The van der Waals surface area contributed by atoms with E-state index in [1.54, 1.807) is 0 Å². The van der Waals surface area contributed by atoms with E-state index in [1.807, 2.05) is 0 Å². The van der Waals surface area contributed by atoms with Crippen molar-refractivity contribution in [2.24, 2.45) is 0 Å². The van der Waals surface area contributed by atoms with Gasteiger partial charge in [-0.15, -0.1) is 0 Å². The van der Waals surface area contributed by atoms with E-state index in [0.29, 0.717) is 0 Å². The third-order valence-electron chi connectivity index (χ3n) is 3.32. The number of hydrogen-bond donors (Lipinski definition) is 1. The molecule has 1 heterocycles. The number of nitrogens with one attached hydrogen (secondary N) is 1. The highest BCUT2D eigenvalue weighted by molar-refractivity contribution is 7.93. The average molecular weight is 404 g/mol. The summed E-state index contributed by atoms with van der Waals surface area (Å²) in [6.07, 6.45) is 0. The second-order valence-corrected chi connectivity index (χ2v) is 7.23. The molecule has 11 heteroatoms. The van der Waals surface area contributed by atoms with E-state index in [1.165, 1.54) is 38.5 Å². The molecule has 3 rings (SSSR count). The van der Waals surface area contributed by atoms with Crippen molar-refractivity contribution >= 4 is 49.9 Å². The molecule has 0 bridgehead atoms. The van der Waals surface area contributed by atoms with Gasteiger partial charge in [0.1, 0.15) is 21.9 Å². The second-order valence-electron chi connectivity index (χ2n) is 4.80. The van der Waals surface area contributed by atoms with Crippen LogP contribution in [0.1, 0.15) is 0 Å². The standard InChI is InChI=1S/C14H11Cl2N3O5S/c1-22-11-6-10(12(23-2)5-8(11)16)19-25(20,21)14-7(15)3-4-9-13(14)18-24-17-9/h3-6,19H,1-2H3. The number of fused-ring (bicyclic) bond motifs is 1. The van der Waals surface area contributed by atoms with Gasteiger partial charge in [-0.05, 0) is 22.4 Å². The summed E-state index contributed by atoms with van der Waals surface area (Å²) in [5.74, 6) is 0.475. The molecule has 0 saturated heterocycles. The molecule has 8 nitrogen and oxygen atoms in total. The van der Waals surface area contributed by atoms with Crippen molar-refractivity contribution in [1.82, 2.24) is 10.3 Å². The predicted octanol–water partition coefficient (Wildman–Crippen LogP) is 3.35. The summed E-state index contributed by atoms with van der Waals surface area (Å²) in [5.41, 5.74) is 0.388. The smallest absolute Gasteiger partial charge is 0.265 e. The molecule has 0 aliphatic rings. The molecule has 0 unspecified atom stereocenters. The maximum atomic E-state index is 12.9. The number of benzene rings is 2. The molecule has 3 aromatic rings. The van der Waals surface area contributed by atoms with Crippen LogP contribution in [0, 0.1) is 0 Å². The summed E-state index contributed by atoms with van der Waals surface area (Å²) in [4.78, 5) is -0.260. The summed E-state index contributed by atoms with van der Waals surface area (Å²) in [5, 5.41) is 7.46. The molecule has 0 saturated carbocycles. The first-order chi connectivity index (χ1) is 11.9. The van der Waals surface area contributed by atoms with Gasteiger partial charge < -0.3 is 9.47 Å². The highest BCUT2D eigenvalue weighted by Gasteiger charge is 2.26. The minimum Gasteiger partial charge on any atom is -0.495 e. The lowest BCUT2D eigenvalue weighted by Crippen LogP contribution is -2.15. The predicted molar refractivity (Wildman–Crippen MR) is 92.2 cm³/mol. The van der Waals surface area contributed by atoms with Crippen LogP contribution in [-0.2, 0) is 10.0 Å². The zero-order valence-corrected chi connectivity index (χ0v) is 15.2. The lowest BCUT2D eigenvalue weighted by Gasteiger charge is -2.14. The maximum Gasteiger partial charge on any atom is 0.265 e. The molecule has 0 aliphatic heterocycles. The summed E-state index contributed by atoms with van der Waals surface area (Å²) < 4.78 is 43.0. The Morgan fingerprint density at radius 1 is 1.04 bits per heavy atom. The van der Waals surface area contributed by atoms with E-state index in [4.69, 9.17) is 32.7 Å². The van der Waals surface area contributed by atoms with Crippen LogP contribution < -0.4 is 14.2 Å². The van der Waals surface area contributed by atoms with Crippen LogP contribution >= 0.6 is 23.2 Å². The zero-order valence-electron chi connectivity index (χ0n) is 12.9. The SMILES string of the molecule is COc1cc(NS(=O)(=O)c2c(Cl)ccc3nonc23)c(OC)cc1Cl. The lowest BCUT2D eigenvalue weighted by molar-refractivity contribution is 0.315. The Labute approximate surface area is 152 Å². The van der Waals surface area contributed by atoms with Crippen molar-refractivity contribution < 1.29 is 22.5 Å². The summed E-state index contributed by atoms with van der Waals surface area (Å²) in [6, 6.07) is 5.72. The first-order valence-corrected chi connectivity index (χ1v) is 8.96. The molecular weight excluding hydrogens is 393 g/mol. The normalized spacial score (nSPS) is 11.5. The number of rotatable bonds is 5. The van der Waals surface area contributed by atoms with Crippen molar-refractivity contribution in [2.75, 3.05) is 18.9 Å². The largest absolute Gasteiger partial charge is 0.495 e. The maximum absolute atomic E-state index is 12.9. The van der Waals surface area contributed by atoms with Crippen LogP contribution in [0.15, 0.2) is 33.8 Å². The van der Waals surface area contributed by atoms with E-state index in [2.05, 4.69) is 19.7 Å². The minimum atomic E-state index is -4.13. The van der Waals surface area contributed by atoms with Crippen molar-refractivity contribution in [3.05, 3.63) is 34.3 Å². The molecule has 0 amide bonds. The second kappa shape index (κ2) is 6.58. The summed E-state index contributed by atoms with van der Waals surface area (Å²) in [6.45, 7) is 0. The van der Waals surface area contributed by atoms with Crippen molar-refractivity contribution in [1.29, 1.82) is 0 Å². The number of hydrogen-bond acceptors (Lipinski definition) is 7. The van der Waals surface area contributed by atoms with Gasteiger partial charge >= 0.3 is 0 Å². The molecular formula is C14H11Cl2N3O5S. The molecule has 2 aromatic carbocycles. The molecule has 25 heavy (non-hydrogen) atoms. The molecule has 1 aromatic heterocycles. The van der Waals surface area contributed by atoms with Gasteiger partial charge in [0.15, 0.2) is 5.52 Å². The third-order valence-corrected chi connectivity index (χ3v) is 5.48. The van der Waals surface area contributed by atoms with Gasteiger partial charge in [0.2, 0.25) is 0 Å². The number of sulfonamides is 1. The number of anilines is 1. The van der Waals surface area contributed by atoms with Crippen LogP contribution in [0.5, 0.6) is 11.5 Å².